The molecule has 0 saturated carbocycles. The molecule has 3 aromatic carbocycles. The smallest absolute Gasteiger partial charge is 0.265 e. The van der Waals surface area contributed by atoms with Gasteiger partial charge in [-0.05, 0) is 79.4 Å². The van der Waals surface area contributed by atoms with Gasteiger partial charge < -0.3 is 10.1 Å². The summed E-state index contributed by atoms with van der Waals surface area (Å²) in [7, 11) is -2.22. The van der Waals surface area contributed by atoms with Crippen molar-refractivity contribution in [1.82, 2.24) is 0 Å². The second-order valence-electron chi connectivity index (χ2n) is 7.45. The van der Waals surface area contributed by atoms with Gasteiger partial charge in [-0.15, -0.1) is 11.3 Å². The van der Waals surface area contributed by atoms with Crippen molar-refractivity contribution >= 4 is 48.7 Å². The number of carbonyl (C=O) groups is 1. The van der Waals surface area contributed by atoms with Crippen LogP contribution in [0.25, 0.3) is 10.1 Å². The van der Waals surface area contributed by atoms with Gasteiger partial charge in [-0.1, -0.05) is 18.2 Å². The van der Waals surface area contributed by atoms with Crippen molar-refractivity contribution in [3.63, 3.8) is 0 Å². The lowest BCUT2D eigenvalue weighted by Gasteiger charge is -2.23. The number of methoxy groups -OCH3 is 1. The van der Waals surface area contributed by atoms with Gasteiger partial charge in [-0.2, -0.15) is 0 Å². The molecule has 0 fully saturated rings. The van der Waals surface area contributed by atoms with Gasteiger partial charge in [0.1, 0.15) is 5.75 Å². The van der Waals surface area contributed by atoms with Crippen LogP contribution in [0.2, 0.25) is 0 Å². The van der Waals surface area contributed by atoms with Gasteiger partial charge in [0.05, 0.1) is 22.6 Å². The van der Waals surface area contributed by atoms with E-state index in [0.29, 0.717) is 16.3 Å². The average molecular weight is 481 g/mol. The zero-order valence-electron chi connectivity index (χ0n) is 18.5. The summed E-state index contributed by atoms with van der Waals surface area (Å²) >= 11 is 1.37. The summed E-state index contributed by atoms with van der Waals surface area (Å²) in [5.41, 5.74) is 2.30. The van der Waals surface area contributed by atoms with Crippen LogP contribution in [0.15, 0.2) is 77.7 Å². The zero-order valence-corrected chi connectivity index (χ0v) is 20.2. The van der Waals surface area contributed by atoms with Crippen LogP contribution in [0.5, 0.6) is 5.75 Å². The summed E-state index contributed by atoms with van der Waals surface area (Å²) < 4.78 is 33.9. The Hall–Kier alpha value is -3.36. The first kappa shape index (κ1) is 22.8. The quantitative estimate of drug-likeness (QED) is 0.369. The Morgan fingerprint density at radius 1 is 1.03 bits per heavy atom. The van der Waals surface area contributed by atoms with E-state index in [9.17, 15) is 13.2 Å². The number of rotatable bonds is 7. The Bertz CT molecular complexity index is 1410. The second-order valence-corrected chi connectivity index (χ2v) is 10.4. The number of benzene rings is 3. The number of hydrogen-bond acceptors (Lipinski definition) is 5. The fourth-order valence-electron chi connectivity index (χ4n) is 3.56. The van der Waals surface area contributed by atoms with Gasteiger partial charge in [0.25, 0.3) is 15.9 Å². The largest absolute Gasteiger partial charge is 0.497 e. The summed E-state index contributed by atoms with van der Waals surface area (Å²) in [5, 5.41) is 3.76. The van der Waals surface area contributed by atoms with E-state index in [1.165, 1.54) is 34.9 Å². The van der Waals surface area contributed by atoms with Crippen molar-refractivity contribution in [3.05, 3.63) is 83.2 Å². The number of thiophene rings is 1. The number of sulfonamides is 1. The van der Waals surface area contributed by atoms with E-state index < -0.39 is 10.0 Å². The lowest BCUT2D eigenvalue weighted by Crippen LogP contribution is -2.30. The Labute approximate surface area is 197 Å². The molecule has 1 heterocycles. The van der Waals surface area contributed by atoms with Crippen LogP contribution in [-0.4, -0.2) is 28.0 Å². The van der Waals surface area contributed by atoms with E-state index in [0.717, 1.165) is 21.3 Å². The van der Waals surface area contributed by atoms with Gasteiger partial charge in [0.15, 0.2) is 0 Å². The average Bonchev–Trinajstić information content (AvgIpc) is 3.25. The van der Waals surface area contributed by atoms with Crippen molar-refractivity contribution < 1.29 is 17.9 Å². The first-order valence-corrected chi connectivity index (χ1v) is 12.7. The number of carbonyl (C=O) groups excluding carboxylic acids is 1. The van der Waals surface area contributed by atoms with E-state index in [-0.39, 0.29) is 17.3 Å². The first-order valence-electron chi connectivity index (χ1n) is 10.4. The minimum atomic E-state index is -3.75. The number of hydrogen-bond donors (Lipinski definition) is 1. The Kier molecular flexibility index (Phi) is 6.40. The van der Waals surface area contributed by atoms with Gasteiger partial charge in [0.2, 0.25) is 0 Å². The van der Waals surface area contributed by atoms with E-state index in [1.807, 2.05) is 37.3 Å². The summed E-state index contributed by atoms with van der Waals surface area (Å²) in [5.74, 6) is 0.401. The van der Waals surface area contributed by atoms with Crippen molar-refractivity contribution in [2.24, 2.45) is 0 Å². The molecule has 4 rings (SSSR count). The molecule has 0 atom stereocenters. The molecular weight excluding hydrogens is 456 g/mol. The SMILES string of the molecule is CCN(c1ccc2sc(C(=O)Nc3ccccc3C)cc2c1)S(=O)(=O)c1ccc(OC)cc1. The number of nitrogens with zero attached hydrogens (tertiary/aromatic N) is 1. The summed E-state index contributed by atoms with van der Waals surface area (Å²) in [6.07, 6.45) is 0. The number of amides is 1. The predicted octanol–water partition coefficient (Wildman–Crippen LogP) is 5.69. The van der Waals surface area contributed by atoms with Crippen LogP contribution in [-0.2, 0) is 10.0 Å². The molecule has 0 aliphatic heterocycles. The number of anilines is 2. The highest BCUT2D eigenvalue weighted by molar-refractivity contribution is 7.92. The molecule has 0 saturated heterocycles. The maximum atomic E-state index is 13.3. The first-order chi connectivity index (χ1) is 15.8. The summed E-state index contributed by atoms with van der Waals surface area (Å²) in [4.78, 5) is 13.5. The molecule has 0 aliphatic carbocycles. The highest BCUT2D eigenvalue weighted by Crippen LogP contribution is 2.32. The highest BCUT2D eigenvalue weighted by atomic mass is 32.2. The van der Waals surface area contributed by atoms with Crippen LogP contribution in [0.1, 0.15) is 22.2 Å². The number of ether oxygens (including phenoxy) is 1. The summed E-state index contributed by atoms with van der Waals surface area (Å²) in [6.45, 7) is 4.00. The lowest BCUT2D eigenvalue weighted by molar-refractivity contribution is 0.103. The minimum absolute atomic E-state index is 0.189. The molecule has 0 radical (unpaired) electrons. The van der Waals surface area contributed by atoms with Crippen molar-refractivity contribution in [2.75, 3.05) is 23.3 Å². The molecule has 6 nitrogen and oxygen atoms in total. The third kappa shape index (κ3) is 4.58. The molecule has 1 amide bonds. The predicted molar refractivity (Wildman–Crippen MR) is 134 cm³/mol. The minimum Gasteiger partial charge on any atom is -0.497 e. The topological polar surface area (TPSA) is 75.7 Å². The highest BCUT2D eigenvalue weighted by Gasteiger charge is 2.24. The molecule has 0 aliphatic rings. The van der Waals surface area contributed by atoms with E-state index in [4.69, 9.17) is 4.74 Å². The molecule has 0 bridgehead atoms. The third-order valence-corrected chi connectivity index (χ3v) is 8.37. The Morgan fingerprint density at radius 2 is 1.76 bits per heavy atom. The van der Waals surface area contributed by atoms with Crippen molar-refractivity contribution in [3.8, 4) is 5.75 Å². The number of nitrogens with one attached hydrogen (secondary N) is 1. The van der Waals surface area contributed by atoms with E-state index >= 15 is 0 Å². The molecule has 4 aromatic rings. The lowest BCUT2D eigenvalue weighted by atomic mass is 10.2. The molecular formula is C25H24N2O4S2. The molecule has 1 N–H and O–H groups in total. The normalized spacial score (nSPS) is 11.4. The van der Waals surface area contributed by atoms with Crippen molar-refractivity contribution in [1.29, 1.82) is 0 Å². The maximum Gasteiger partial charge on any atom is 0.265 e. The third-order valence-electron chi connectivity index (χ3n) is 5.34. The molecule has 170 valence electrons. The van der Waals surface area contributed by atoms with Crippen LogP contribution in [0, 0.1) is 6.92 Å². The van der Waals surface area contributed by atoms with Crippen LogP contribution < -0.4 is 14.4 Å². The van der Waals surface area contributed by atoms with Crippen LogP contribution in [0.4, 0.5) is 11.4 Å². The molecule has 0 spiro atoms. The Balaban J connectivity index is 1.64. The molecule has 8 heteroatoms. The standard InChI is InChI=1S/C25H24N2O4S2/c1-4-27(33(29,30)21-12-10-20(31-3)11-13-21)19-9-14-23-18(15-19)16-24(32-23)25(28)26-22-8-6-5-7-17(22)2/h5-16H,4H2,1-3H3,(H,26,28). The molecule has 0 unspecified atom stereocenters. The fourth-order valence-corrected chi connectivity index (χ4v) is 5.96. The van der Waals surface area contributed by atoms with Crippen LogP contribution >= 0.6 is 11.3 Å². The monoisotopic (exact) mass is 480 g/mol. The molecule has 1 aromatic heterocycles. The molecule has 33 heavy (non-hydrogen) atoms. The number of fused-ring (bicyclic) bond motifs is 1. The van der Waals surface area contributed by atoms with Crippen molar-refractivity contribution in [2.45, 2.75) is 18.7 Å². The van der Waals surface area contributed by atoms with Crippen LogP contribution in [0.3, 0.4) is 0 Å². The van der Waals surface area contributed by atoms with Gasteiger partial charge in [0, 0.05) is 16.9 Å². The second kappa shape index (κ2) is 9.25. The van der Waals surface area contributed by atoms with Gasteiger partial charge in [-0.3, -0.25) is 9.10 Å². The Morgan fingerprint density at radius 3 is 2.42 bits per heavy atom. The van der Waals surface area contributed by atoms with E-state index in [1.54, 1.807) is 37.3 Å². The number of para-hydroxylation sites is 1. The number of aryl methyl sites for hydroxylation is 1. The van der Waals surface area contributed by atoms with Gasteiger partial charge >= 0.3 is 0 Å². The van der Waals surface area contributed by atoms with E-state index in [2.05, 4.69) is 5.32 Å². The summed E-state index contributed by atoms with van der Waals surface area (Å²) in [6, 6.07) is 21.2. The van der Waals surface area contributed by atoms with Gasteiger partial charge in [-0.25, -0.2) is 8.42 Å². The maximum absolute atomic E-state index is 13.3. The fraction of sp³-hybridized carbons (Fsp3) is 0.160. The zero-order chi connectivity index (χ0) is 23.6.